The van der Waals surface area contributed by atoms with Crippen LogP contribution in [0.3, 0.4) is 0 Å². The number of aromatic nitrogens is 1. The van der Waals surface area contributed by atoms with Gasteiger partial charge in [0.1, 0.15) is 12.2 Å². The summed E-state index contributed by atoms with van der Waals surface area (Å²) < 4.78 is 0. The van der Waals surface area contributed by atoms with Gasteiger partial charge in [0.25, 0.3) is 0 Å². The molecule has 2 atom stereocenters. The number of nitriles is 1. The number of hydrogen-bond acceptors (Lipinski definition) is 7. The van der Waals surface area contributed by atoms with Crippen molar-refractivity contribution in [2.75, 3.05) is 13.6 Å². The second-order valence-electron chi connectivity index (χ2n) is 3.91. The van der Waals surface area contributed by atoms with Gasteiger partial charge in [0, 0.05) is 17.8 Å². The van der Waals surface area contributed by atoms with Crippen LogP contribution in [0.1, 0.15) is 23.8 Å². The summed E-state index contributed by atoms with van der Waals surface area (Å²) in [7, 11) is 1.70. The minimum absolute atomic E-state index is 0.106. The fraction of sp³-hybridized carbons (Fsp3) is 0.455. The predicted molar refractivity (Wildman–Crippen MR) is 65.1 cm³/mol. The van der Waals surface area contributed by atoms with E-state index >= 15 is 0 Å². The molecule has 3 N–H and O–H groups in total. The van der Waals surface area contributed by atoms with E-state index in [0.717, 1.165) is 12.3 Å². The lowest BCUT2D eigenvalue weighted by atomic mass is 10.0. The Hall–Kier alpha value is -2.08. The van der Waals surface area contributed by atoms with Crippen molar-refractivity contribution >= 4 is 5.69 Å². The molecular weight excluding hydrogens is 252 g/mol. The predicted octanol–water partition coefficient (Wildman–Crippen LogP) is -0.135. The Labute approximate surface area is 109 Å². The Balaban J connectivity index is 2.99. The van der Waals surface area contributed by atoms with Crippen molar-refractivity contribution in [3.63, 3.8) is 0 Å². The fourth-order valence-corrected chi connectivity index (χ4v) is 1.53. The van der Waals surface area contributed by atoms with E-state index in [-0.39, 0.29) is 17.7 Å². The first kappa shape index (κ1) is 15.0. The van der Waals surface area contributed by atoms with E-state index in [4.69, 9.17) is 5.26 Å². The summed E-state index contributed by atoms with van der Waals surface area (Å²) in [5, 5.41) is 41.8. The summed E-state index contributed by atoms with van der Waals surface area (Å²) in [5.74, 6) is 0. The number of nitrogens with zero attached hydrogens (tertiary/aromatic N) is 3. The lowest BCUT2D eigenvalue weighted by Gasteiger charge is -2.17. The molecule has 8 nitrogen and oxygen atoms in total. The molecule has 1 aromatic heterocycles. The lowest BCUT2D eigenvalue weighted by Crippen LogP contribution is -2.23. The molecule has 1 rings (SSSR count). The molecule has 0 fully saturated rings. The molecule has 0 spiro atoms. The minimum atomic E-state index is -1.28. The summed E-state index contributed by atoms with van der Waals surface area (Å²) >= 11 is 0. The molecule has 0 saturated carbocycles. The molecule has 0 aliphatic rings. The summed E-state index contributed by atoms with van der Waals surface area (Å²) in [6, 6.07) is 2.65. The first-order valence-corrected chi connectivity index (χ1v) is 5.56. The van der Waals surface area contributed by atoms with Crippen molar-refractivity contribution in [1.82, 2.24) is 10.3 Å². The minimum Gasteiger partial charge on any atom is -0.390 e. The molecule has 0 bridgehead atoms. The van der Waals surface area contributed by atoms with Gasteiger partial charge in [-0.15, -0.1) is 0 Å². The standard InChI is InChI=1S/C11H14N4O4/c1-13-3-2-10(16)11(17)7-4-9(15(18)19)8(5-12)14-6-7/h4,6,10-11,13,16-17H,2-3H2,1H3. The van der Waals surface area contributed by atoms with Crippen LogP contribution in [0.5, 0.6) is 0 Å². The van der Waals surface area contributed by atoms with Crippen LogP contribution in [-0.4, -0.2) is 39.8 Å². The van der Waals surface area contributed by atoms with Gasteiger partial charge in [-0.2, -0.15) is 5.26 Å². The maximum absolute atomic E-state index is 10.8. The third-order valence-corrected chi connectivity index (χ3v) is 2.59. The van der Waals surface area contributed by atoms with Crippen LogP contribution in [0.25, 0.3) is 0 Å². The molecule has 0 radical (unpaired) electrons. The average molecular weight is 266 g/mol. The number of nitro groups is 1. The number of nitrogens with one attached hydrogen (secondary N) is 1. The number of hydrogen-bond donors (Lipinski definition) is 3. The first-order chi connectivity index (χ1) is 9.01. The van der Waals surface area contributed by atoms with Gasteiger partial charge in [0.05, 0.1) is 11.0 Å². The third-order valence-electron chi connectivity index (χ3n) is 2.59. The molecule has 0 aromatic carbocycles. The van der Waals surface area contributed by atoms with Crippen LogP contribution < -0.4 is 5.32 Å². The highest BCUT2D eigenvalue weighted by Crippen LogP contribution is 2.24. The smallest absolute Gasteiger partial charge is 0.306 e. The van der Waals surface area contributed by atoms with E-state index in [1.54, 1.807) is 13.1 Å². The number of aliphatic hydroxyl groups excluding tert-OH is 2. The van der Waals surface area contributed by atoms with Crippen molar-refractivity contribution < 1.29 is 15.1 Å². The summed E-state index contributed by atoms with van der Waals surface area (Å²) in [6.07, 6.45) is -0.918. The van der Waals surface area contributed by atoms with Gasteiger partial charge in [-0.3, -0.25) is 10.1 Å². The Morgan fingerprint density at radius 1 is 1.63 bits per heavy atom. The van der Waals surface area contributed by atoms with E-state index in [1.165, 1.54) is 0 Å². The van der Waals surface area contributed by atoms with E-state index in [9.17, 15) is 20.3 Å². The SMILES string of the molecule is CNCCC(O)C(O)c1cnc(C#N)c([N+](=O)[O-])c1. The van der Waals surface area contributed by atoms with Crippen LogP contribution in [0.4, 0.5) is 5.69 Å². The normalized spacial score (nSPS) is 13.6. The monoisotopic (exact) mass is 266 g/mol. The molecule has 0 aliphatic carbocycles. The van der Waals surface area contributed by atoms with Crippen molar-refractivity contribution in [3.05, 3.63) is 33.6 Å². The second-order valence-corrected chi connectivity index (χ2v) is 3.91. The zero-order chi connectivity index (χ0) is 14.4. The molecule has 2 unspecified atom stereocenters. The Bertz CT molecular complexity index is 500. The van der Waals surface area contributed by atoms with Gasteiger partial charge >= 0.3 is 5.69 Å². The van der Waals surface area contributed by atoms with E-state index in [2.05, 4.69) is 10.3 Å². The van der Waals surface area contributed by atoms with E-state index < -0.39 is 22.8 Å². The van der Waals surface area contributed by atoms with Crippen LogP contribution in [0, 0.1) is 21.4 Å². The van der Waals surface area contributed by atoms with E-state index in [1.807, 2.05) is 0 Å². The van der Waals surface area contributed by atoms with Crippen molar-refractivity contribution in [3.8, 4) is 6.07 Å². The average Bonchev–Trinajstić information content (AvgIpc) is 2.42. The van der Waals surface area contributed by atoms with Crippen LogP contribution in [0.15, 0.2) is 12.3 Å². The van der Waals surface area contributed by atoms with Crippen LogP contribution >= 0.6 is 0 Å². The van der Waals surface area contributed by atoms with Gasteiger partial charge in [0.15, 0.2) is 0 Å². The van der Waals surface area contributed by atoms with Crippen LogP contribution in [-0.2, 0) is 0 Å². The molecular formula is C11H14N4O4. The highest BCUT2D eigenvalue weighted by molar-refractivity contribution is 5.45. The fourth-order valence-electron chi connectivity index (χ4n) is 1.53. The summed E-state index contributed by atoms with van der Waals surface area (Å²) in [5.41, 5.74) is -0.708. The molecule has 1 heterocycles. The molecule has 0 aliphatic heterocycles. The summed E-state index contributed by atoms with van der Waals surface area (Å²) in [6.45, 7) is 0.490. The van der Waals surface area contributed by atoms with Gasteiger partial charge in [-0.25, -0.2) is 4.98 Å². The van der Waals surface area contributed by atoms with Gasteiger partial charge in [-0.05, 0) is 20.0 Å². The van der Waals surface area contributed by atoms with Crippen molar-refractivity contribution in [2.24, 2.45) is 0 Å². The van der Waals surface area contributed by atoms with E-state index in [0.29, 0.717) is 6.54 Å². The number of pyridine rings is 1. The van der Waals surface area contributed by atoms with Gasteiger partial charge < -0.3 is 15.5 Å². The molecule has 19 heavy (non-hydrogen) atoms. The maximum Gasteiger partial charge on any atom is 0.306 e. The maximum atomic E-state index is 10.8. The zero-order valence-electron chi connectivity index (χ0n) is 10.3. The highest BCUT2D eigenvalue weighted by Gasteiger charge is 2.23. The van der Waals surface area contributed by atoms with Crippen molar-refractivity contribution in [2.45, 2.75) is 18.6 Å². The first-order valence-electron chi connectivity index (χ1n) is 5.56. The zero-order valence-corrected chi connectivity index (χ0v) is 10.3. The second kappa shape index (κ2) is 6.75. The number of aliphatic hydroxyl groups is 2. The lowest BCUT2D eigenvalue weighted by molar-refractivity contribution is -0.385. The molecule has 1 aromatic rings. The quantitative estimate of drug-likeness (QED) is 0.482. The molecule has 0 amide bonds. The topological polar surface area (TPSA) is 132 Å². The van der Waals surface area contributed by atoms with Crippen molar-refractivity contribution in [1.29, 1.82) is 5.26 Å². The summed E-state index contributed by atoms with van der Waals surface area (Å²) in [4.78, 5) is 13.6. The highest BCUT2D eigenvalue weighted by atomic mass is 16.6. The largest absolute Gasteiger partial charge is 0.390 e. The molecule has 0 saturated heterocycles. The molecule has 102 valence electrons. The van der Waals surface area contributed by atoms with Crippen LogP contribution in [0.2, 0.25) is 0 Å². The van der Waals surface area contributed by atoms with Gasteiger partial charge in [-0.1, -0.05) is 0 Å². The van der Waals surface area contributed by atoms with Gasteiger partial charge in [0.2, 0.25) is 5.69 Å². The number of rotatable bonds is 6. The Morgan fingerprint density at radius 3 is 2.84 bits per heavy atom. The Kier molecular flexibility index (Phi) is 5.32. The Morgan fingerprint density at radius 2 is 2.32 bits per heavy atom. The third kappa shape index (κ3) is 3.69. The molecule has 8 heteroatoms.